The number of benzene rings is 1. The highest BCUT2D eigenvalue weighted by Crippen LogP contribution is 2.11. The first-order valence-corrected chi connectivity index (χ1v) is 6.34. The number of hydrogen-bond acceptors (Lipinski definition) is 1. The number of pyridine rings is 1. The van der Waals surface area contributed by atoms with Gasteiger partial charge in [0.2, 0.25) is 5.43 Å². The first-order chi connectivity index (χ1) is 7.66. The molecule has 0 saturated heterocycles. The van der Waals surface area contributed by atoms with Crippen molar-refractivity contribution in [3.05, 3.63) is 67.5 Å². The van der Waals surface area contributed by atoms with E-state index < -0.39 is 0 Å². The maximum Gasteiger partial charge on any atom is 0.209 e. The summed E-state index contributed by atoms with van der Waals surface area (Å²) in [5, 5.41) is 0. The summed E-state index contributed by atoms with van der Waals surface area (Å²) in [6, 6.07) is 10.1. The molecule has 2 aromatic rings. The van der Waals surface area contributed by atoms with Crippen LogP contribution in [0, 0.1) is 0 Å². The van der Waals surface area contributed by atoms with Crippen molar-refractivity contribution in [2.24, 2.45) is 0 Å². The van der Waals surface area contributed by atoms with Crippen LogP contribution in [0.2, 0.25) is 0 Å². The monoisotopic (exact) mass is 341 g/mol. The molecule has 2 nitrogen and oxygen atoms in total. The van der Waals surface area contributed by atoms with Gasteiger partial charge in [-0.15, -0.1) is 0 Å². The van der Waals surface area contributed by atoms with Crippen LogP contribution in [-0.4, -0.2) is 4.57 Å². The first-order valence-electron chi connectivity index (χ1n) is 4.76. The summed E-state index contributed by atoms with van der Waals surface area (Å²) in [4.78, 5) is 11.5. The van der Waals surface area contributed by atoms with E-state index in [0.717, 1.165) is 6.54 Å². The quantitative estimate of drug-likeness (QED) is 0.819. The summed E-state index contributed by atoms with van der Waals surface area (Å²) in [5.41, 5.74) is 1.18. The van der Waals surface area contributed by atoms with Gasteiger partial charge in [-0.3, -0.25) is 4.79 Å². The third-order valence-electron chi connectivity index (χ3n) is 2.20. The molecule has 0 spiro atoms. The van der Waals surface area contributed by atoms with Crippen LogP contribution in [0.15, 0.2) is 56.5 Å². The minimum Gasteiger partial charge on any atom is -0.347 e. The molecule has 0 saturated carbocycles. The number of nitrogens with zero attached hydrogens (tertiary/aromatic N) is 1. The molecular weight excluding hydrogens is 334 g/mol. The molecule has 0 aliphatic heterocycles. The van der Waals surface area contributed by atoms with Gasteiger partial charge < -0.3 is 4.57 Å². The lowest BCUT2D eigenvalue weighted by molar-refractivity contribution is 0.781. The van der Waals surface area contributed by atoms with Crippen molar-refractivity contribution in [3.8, 4) is 0 Å². The van der Waals surface area contributed by atoms with Gasteiger partial charge in [0.15, 0.2) is 0 Å². The van der Waals surface area contributed by atoms with Gasteiger partial charge in [-0.25, -0.2) is 0 Å². The SMILES string of the molecule is O=c1c(Br)cn(Cc2ccccc2)cc1Br. The Bertz CT molecular complexity index is 522. The zero-order valence-electron chi connectivity index (χ0n) is 8.36. The van der Waals surface area contributed by atoms with Gasteiger partial charge >= 0.3 is 0 Å². The van der Waals surface area contributed by atoms with Crippen molar-refractivity contribution < 1.29 is 0 Å². The molecule has 0 aliphatic rings. The third kappa shape index (κ3) is 2.62. The van der Waals surface area contributed by atoms with Crippen LogP contribution in [0.5, 0.6) is 0 Å². The van der Waals surface area contributed by atoms with E-state index in [0.29, 0.717) is 8.95 Å². The van der Waals surface area contributed by atoms with Crippen LogP contribution in [0.4, 0.5) is 0 Å². The van der Waals surface area contributed by atoms with Crippen molar-refractivity contribution in [1.29, 1.82) is 0 Å². The van der Waals surface area contributed by atoms with Crippen molar-refractivity contribution in [2.75, 3.05) is 0 Å². The first kappa shape index (κ1) is 11.6. The van der Waals surface area contributed by atoms with Crippen LogP contribution in [0.25, 0.3) is 0 Å². The van der Waals surface area contributed by atoms with E-state index in [1.165, 1.54) is 5.56 Å². The Hall–Kier alpha value is -0.870. The zero-order chi connectivity index (χ0) is 11.5. The van der Waals surface area contributed by atoms with Gasteiger partial charge in [0.1, 0.15) is 0 Å². The second kappa shape index (κ2) is 4.97. The Balaban J connectivity index is 2.33. The van der Waals surface area contributed by atoms with E-state index in [9.17, 15) is 4.79 Å². The topological polar surface area (TPSA) is 22.0 Å². The molecule has 0 amide bonds. The van der Waals surface area contributed by atoms with Crippen LogP contribution in [0.1, 0.15) is 5.56 Å². The smallest absolute Gasteiger partial charge is 0.209 e. The Morgan fingerprint density at radius 2 is 1.56 bits per heavy atom. The van der Waals surface area contributed by atoms with E-state index in [4.69, 9.17) is 0 Å². The lowest BCUT2D eigenvalue weighted by Gasteiger charge is -2.07. The molecule has 2 rings (SSSR count). The molecule has 0 unspecified atom stereocenters. The molecule has 1 aromatic heterocycles. The zero-order valence-corrected chi connectivity index (χ0v) is 11.5. The minimum atomic E-state index is -0.0238. The summed E-state index contributed by atoms with van der Waals surface area (Å²) in [6.45, 7) is 0.748. The minimum absolute atomic E-state index is 0.0238. The standard InChI is InChI=1S/C12H9Br2NO/c13-10-7-15(8-11(14)12(10)16)6-9-4-2-1-3-5-9/h1-5,7-8H,6H2. The molecule has 0 fully saturated rings. The molecule has 0 aliphatic carbocycles. The van der Waals surface area contributed by atoms with Gasteiger partial charge in [-0.2, -0.15) is 0 Å². The maximum absolute atomic E-state index is 11.5. The molecule has 0 atom stereocenters. The highest BCUT2D eigenvalue weighted by atomic mass is 79.9. The van der Waals surface area contributed by atoms with Crippen molar-refractivity contribution in [2.45, 2.75) is 6.54 Å². The number of rotatable bonds is 2. The van der Waals surface area contributed by atoms with Crippen molar-refractivity contribution in [3.63, 3.8) is 0 Å². The Kier molecular flexibility index (Phi) is 3.61. The van der Waals surface area contributed by atoms with Gasteiger partial charge in [-0.1, -0.05) is 30.3 Å². The summed E-state index contributed by atoms with van der Waals surface area (Å²) >= 11 is 6.49. The van der Waals surface area contributed by atoms with E-state index in [1.54, 1.807) is 12.4 Å². The Labute approximate surface area is 110 Å². The Morgan fingerprint density at radius 1 is 1.00 bits per heavy atom. The predicted octanol–water partition coefficient (Wildman–Crippen LogP) is 3.42. The normalized spacial score (nSPS) is 10.4. The van der Waals surface area contributed by atoms with E-state index in [2.05, 4.69) is 44.0 Å². The summed E-state index contributed by atoms with van der Waals surface area (Å²) in [6.07, 6.45) is 3.58. The number of aromatic nitrogens is 1. The lowest BCUT2D eigenvalue weighted by atomic mass is 10.2. The summed E-state index contributed by atoms with van der Waals surface area (Å²) < 4.78 is 3.10. The highest BCUT2D eigenvalue weighted by Gasteiger charge is 2.02. The van der Waals surface area contributed by atoms with E-state index in [1.807, 2.05) is 22.8 Å². The van der Waals surface area contributed by atoms with Crippen molar-refractivity contribution >= 4 is 31.9 Å². The average molecular weight is 343 g/mol. The highest BCUT2D eigenvalue weighted by molar-refractivity contribution is 9.11. The molecule has 16 heavy (non-hydrogen) atoms. The van der Waals surface area contributed by atoms with Crippen molar-refractivity contribution in [1.82, 2.24) is 4.57 Å². The molecule has 1 aromatic carbocycles. The molecule has 4 heteroatoms. The second-order valence-electron chi connectivity index (χ2n) is 3.44. The fourth-order valence-electron chi connectivity index (χ4n) is 1.45. The lowest BCUT2D eigenvalue weighted by Crippen LogP contribution is -2.09. The maximum atomic E-state index is 11.5. The van der Waals surface area contributed by atoms with Crippen LogP contribution < -0.4 is 5.43 Å². The molecule has 1 heterocycles. The fourth-order valence-corrected chi connectivity index (χ4v) is 2.66. The average Bonchev–Trinajstić information content (AvgIpc) is 2.27. The summed E-state index contributed by atoms with van der Waals surface area (Å²) in [7, 11) is 0. The molecular formula is C12H9Br2NO. The van der Waals surface area contributed by atoms with Gasteiger partial charge in [0, 0.05) is 18.9 Å². The fraction of sp³-hybridized carbons (Fsp3) is 0.0833. The largest absolute Gasteiger partial charge is 0.347 e. The van der Waals surface area contributed by atoms with Gasteiger partial charge in [0.05, 0.1) is 8.95 Å². The van der Waals surface area contributed by atoms with Gasteiger partial charge in [-0.05, 0) is 37.4 Å². The molecule has 0 bridgehead atoms. The third-order valence-corrected chi connectivity index (χ3v) is 3.33. The summed E-state index contributed by atoms with van der Waals surface area (Å²) in [5.74, 6) is 0. The Morgan fingerprint density at radius 3 is 2.12 bits per heavy atom. The van der Waals surface area contributed by atoms with Crippen LogP contribution in [0.3, 0.4) is 0 Å². The van der Waals surface area contributed by atoms with Crippen LogP contribution >= 0.6 is 31.9 Å². The number of hydrogen-bond donors (Lipinski definition) is 0. The molecule has 0 N–H and O–H groups in total. The molecule has 0 radical (unpaired) electrons. The van der Waals surface area contributed by atoms with Gasteiger partial charge in [0.25, 0.3) is 0 Å². The second-order valence-corrected chi connectivity index (χ2v) is 5.15. The van der Waals surface area contributed by atoms with Crippen LogP contribution in [-0.2, 0) is 6.54 Å². The van der Waals surface area contributed by atoms with E-state index in [-0.39, 0.29) is 5.43 Å². The molecule has 82 valence electrons. The number of halogens is 2. The van der Waals surface area contributed by atoms with E-state index >= 15 is 0 Å². The predicted molar refractivity (Wildman–Crippen MR) is 71.6 cm³/mol.